The number of aryl methyl sites for hydroxylation is 1. The number of rotatable bonds is 4. The number of nitrogens with zero attached hydrogens (tertiary/aromatic N) is 1. The molecule has 2 aromatic carbocycles. The van der Waals surface area contributed by atoms with Crippen molar-refractivity contribution >= 4 is 28.9 Å². The van der Waals surface area contributed by atoms with Crippen LogP contribution >= 0.6 is 11.6 Å². The number of benzene rings is 2. The maximum atomic E-state index is 12.5. The minimum Gasteiger partial charge on any atom is -0.504 e. The zero-order chi connectivity index (χ0) is 18.8. The molecular weight excluding hydrogens is 350 g/mol. The third-order valence-electron chi connectivity index (χ3n) is 4.38. The number of aliphatic hydroxyl groups excluding tert-OH is 1. The van der Waals surface area contributed by atoms with Crippen molar-refractivity contribution in [3.63, 3.8) is 0 Å². The van der Waals surface area contributed by atoms with Crippen molar-refractivity contribution in [1.29, 1.82) is 0 Å². The molecule has 1 heterocycles. The van der Waals surface area contributed by atoms with E-state index in [4.69, 9.17) is 11.6 Å². The number of ketones is 1. The van der Waals surface area contributed by atoms with Gasteiger partial charge in [0.2, 0.25) is 0 Å². The van der Waals surface area contributed by atoms with Crippen LogP contribution in [0.2, 0.25) is 5.02 Å². The molecular formula is C21H18ClNO3. The highest BCUT2D eigenvalue weighted by atomic mass is 35.5. The van der Waals surface area contributed by atoms with Gasteiger partial charge in [0, 0.05) is 17.1 Å². The van der Waals surface area contributed by atoms with Gasteiger partial charge in [-0.3, -0.25) is 9.59 Å². The van der Waals surface area contributed by atoms with Gasteiger partial charge in [0.05, 0.1) is 6.04 Å². The second kappa shape index (κ2) is 7.18. The molecule has 5 heteroatoms. The number of amides is 1. The van der Waals surface area contributed by atoms with Crippen LogP contribution in [0.3, 0.4) is 0 Å². The lowest BCUT2D eigenvalue weighted by molar-refractivity contribution is -0.145. The topological polar surface area (TPSA) is 57.6 Å². The summed E-state index contributed by atoms with van der Waals surface area (Å²) < 4.78 is 0. The Morgan fingerprint density at radius 2 is 1.73 bits per heavy atom. The maximum Gasteiger partial charge on any atom is 0.299 e. The summed E-state index contributed by atoms with van der Waals surface area (Å²) in [6.45, 7) is 5.81. The van der Waals surface area contributed by atoms with E-state index in [1.54, 1.807) is 30.3 Å². The lowest BCUT2D eigenvalue weighted by Gasteiger charge is -2.36. The Balaban J connectivity index is 2.24. The van der Waals surface area contributed by atoms with Crippen molar-refractivity contribution < 1.29 is 14.7 Å². The fraction of sp³-hybridized carbons (Fsp3) is 0.143. The van der Waals surface area contributed by atoms with E-state index in [1.165, 1.54) is 4.90 Å². The Kier molecular flexibility index (Phi) is 4.96. The Hall–Kier alpha value is -2.85. The number of hydrogen-bond donors (Lipinski definition) is 1. The predicted molar refractivity (Wildman–Crippen MR) is 102 cm³/mol. The first kappa shape index (κ1) is 18.0. The minimum atomic E-state index is -0.910. The van der Waals surface area contributed by atoms with Gasteiger partial charge < -0.3 is 10.0 Å². The van der Waals surface area contributed by atoms with Gasteiger partial charge in [-0.15, -0.1) is 6.58 Å². The molecule has 0 fully saturated rings. The van der Waals surface area contributed by atoms with Crippen LogP contribution in [0.4, 0.5) is 0 Å². The lowest BCUT2D eigenvalue weighted by atomic mass is 9.86. The van der Waals surface area contributed by atoms with Crippen molar-refractivity contribution in [2.75, 3.05) is 6.54 Å². The van der Waals surface area contributed by atoms with Gasteiger partial charge >= 0.3 is 0 Å². The van der Waals surface area contributed by atoms with E-state index in [0.717, 1.165) is 11.1 Å². The van der Waals surface area contributed by atoms with Crippen LogP contribution in [0, 0.1) is 6.92 Å². The van der Waals surface area contributed by atoms with E-state index in [-0.39, 0.29) is 6.54 Å². The molecule has 0 bridgehead atoms. The smallest absolute Gasteiger partial charge is 0.299 e. The van der Waals surface area contributed by atoms with Gasteiger partial charge in [-0.05, 0) is 30.2 Å². The maximum absolute atomic E-state index is 12.5. The Labute approximate surface area is 157 Å². The van der Waals surface area contributed by atoms with Crippen LogP contribution in [0.5, 0.6) is 0 Å². The van der Waals surface area contributed by atoms with Crippen molar-refractivity contribution in [3.8, 4) is 0 Å². The molecule has 1 amide bonds. The largest absolute Gasteiger partial charge is 0.504 e. The van der Waals surface area contributed by atoms with Crippen LogP contribution in [0.1, 0.15) is 22.7 Å². The highest BCUT2D eigenvalue weighted by Gasteiger charge is 2.41. The molecule has 2 aromatic rings. The summed E-state index contributed by atoms with van der Waals surface area (Å²) in [6.07, 6.45) is 1.56. The fourth-order valence-corrected chi connectivity index (χ4v) is 3.23. The van der Waals surface area contributed by atoms with Gasteiger partial charge in [0.1, 0.15) is 0 Å². The molecule has 1 atom stereocenters. The second-order valence-electron chi connectivity index (χ2n) is 6.16. The highest BCUT2D eigenvalue weighted by molar-refractivity contribution is 6.44. The van der Waals surface area contributed by atoms with E-state index < -0.39 is 23.5 Å². The molecule has 0 aliphatic carbocycles. The molecule has 132 valence electrons. The lowest BCUT2D eigenvalue weighted by Crippen LogP contribution is -2.45. The number of halogens is 1. The number of hydrogen-bond acceptors (Lipinski definition) is 3. The zero-order valence-corrected chi connectivity index (χ0v) is 15.0. The zero-order valence-electron chi connectivity index (χ0n) is 14.3. The van der Waals surface area contributed by atoms with E-state index in [9.17, 15) is 14.7 Å². The van der Waals surface area contributed by atoms with Crippen LogP contribution < -0.4 is 0 Å². The van der Waals surface area contributed by atoms with Crippen molar-refractivity contribution in [2.24, 2.45) is 0 Å². The summed E-state index contributed by atoms with van der Waals surface area (Å²) in [7, 11) is 0. The normalized spacial score (nSPS) is 17.6. The van der Waals surface area contributed by atoms with Gasteiger partial charge in [0.25, 0.3) is 11.7 Å². The number of carbonyl (C=O) groups excluding carboxylic acids is 2. The highest BCUT2D eigenvalue weighted by Crippen LogP contribution is 2.40. The van der Waals surface area contributed by atoms with Crippen molar-refractivity contribution in [3.05, 3.63) is 88.7 Å². The quantitative estimate of drug-likeness (QED) is 0.649. The van der Waals surface area contributed by atoms with Gasteiger partial charge in [0.15, 0.2) is 5.76 Å². The SMILES string of the molecule is C=CCN1C(=O)C(=O)C(O)=C(c2ccc(C)cc2)C1c1ccc(Cl)cc1. The van der Waals surface area contributed by atoms with E-state index in [0.29, 0.717) is 16.2 Å². The summed E-state index contributed by atoms with van der Waals surface area (Å²) in [5.74, 6) is -2.18. The molecule has 3 rings (SSSR count). The third kappa shape index (κ3) is 3.16. The summed E-state index contributed by atoms with van der Waals surface area (Å²) >= 11 is 5.99. The molecule has 1 aliphatic rings. The molecule has 1 unspecified atom stereocenters. The van der Waals surface area contributed by atoms with E-state index in [1.807, 2.05) is 31.2 Å². The molecule has 0 saturated heterocycles. The molecule has 4 nitrogen and oxygen atoms in total. The summed E-state index contributed by atoms with van der Waals surface area (Å²) in [4.78, 5) is 26.3. The molecule has 0 radical (unpaired) electrons. The van der Waals surface area contributed by atoms with Crippen LogP contribution in [0.15, 0.2) is 66.9 Å². The standard InChI is InChI=1S/C21H18ClNO3/c1-3-12-23-18(15-8-10-16(22)11-9-15)17(19(24)20(25)21(23)26)14-6-4-13(2)5-7-14/h3-11,18,24H,1,12H2,2H3. The van der Waals surface area contributed by atoms with Gasteiger partial charge in [-0.2, -0.15) is 0 Å². The molecule has 26 heavy (non-hydrogen) atoms. The van der Waals surface area contributed by atoms with Crippen LogP contribution in [0.25, 0.3) is 5.57 Å². The minimum absolute atomic E-state index is 0.181. The van der Waals surface area contributed by atoms with Gasteiger partial charge in [-0.25, -0.2) is 0 Å². The third-order valence-corrected chi connectivity index (χ3v) is 4.64. The molecule has 0 aromatic heterocycles. The number of aliphatic hydroxyl groups is 1. The van der Waals surface area contributed by atoms with Crippen LogP contribution in [-0.2, 0) is 9.59 Å². The first-order valence-corrected chi connectivity index (χ1v) is 8.53. The fourth-order valence-electron chi connectivity index (χ4n) is 3.10. The Bertz CT molecular complexity index is 898. The first-order valence-electron chi connectivity index (χ1n) is 8.16. The molecule has 0 spiro atoms. The molecule has 0 saturated carbocycles. The summed E-state index contributed by atoms with van der Waals surface area (Å²) in [5.41, 5.74) is 2.89. The van der Waals surface area contributed by atoms with Crippen LogP contribution in [-0.4, -0.2) is 28.2 Å². The molecule has 1 N–H and O–H groups in total. The average Bonchev–Trinajstić information content (AvgIpc) is 2.64. The first-order chi connectivity index (χ1) is 12.4. The van der Waals surface area contributed by atoms with Crippen molar-refractivity contribution in [1.82, 2.24) is 4.90 Å². The summed E-state index contributed by atoms with van der Waals surface area (Å²) in [6, 6.07) is 13.8. The second-order valence-corrected chi connectivity index (χ2v) is 6.59. The Morgan fingerprint density at radius 3 is 2.31 bits per heavy atom. The monoisotopic (exact) mass is 367 g/mol. The number of Topliss-reactive ketones (excluding diaryl/α,β-unsaturated/α-hetero) is 1. The van der Waals surface area contributed by atoms with E-state index in [2.05, 4.69) is 6.58 Å². The number of carbonyl (C=O) groups is 2. The predicted octanol–water partition coefficient (Wildman–Crippen LogP) is 4.26. The Morgan fingerprint density at radius 1 is 1.12 bits per heavy atom. The molecule has 1 aliphatic heterocycles. The van der Waals surface area contributed by atoms with Gasteiger partial charge in [-0.1, -0.05) is 59.6 Å². The van der Waals surface area contributed by atoms with E-state index >= 15 is 0 Å². The van der Waals surface area contributed by atoms with Crippen molar-refractivity contribution in [2.45, 2.75) is 13.0 Å². The summed E-state index contributed by atoms with van der Waals surface area (Å²) in [5, 5.41) is 11.1. The average molecular weight is 368 g/mol.